The number of likely N-dealkylation sites (tertiary alicyclic amines) is 1. The second kappa shape index (κ2) is 10.9. The molecule has 10 nitrogen and oxygen atoms in total. The van der Waals surface area contributed by atoms with Gasteiger partial charge >= 0.3 is 6.09 Å². The molecule has 1 fully saturated rings. The molecule has 0 aliphatic carbocycles. The van der Waals surface area contributed by atoms with Crippen molar-refractivity contribution in [2.45, 2.75) is 45.3 Å². The van der Waals surface area contributed by atoms with Crippen molar-refractivity contribution in [3.05, 3.63) is 38.7 Å². The molecule has 1 aliphatic rings. The number of pyridine rings is 1. The maximum atomic E-state index is 14.2. The van der Waals surface area contributed by atoms with E-state index in [1.165, 1.54) is 14.2 Å². The van der Waals surface area contributed by atoms with Gasteiger partial charge in [0.05, 0.1) is 29.8 Å². The molecule has 1 saturated heterocycles. The van der Waals surface area contributed by atoms with Gasteiger partial charge in [0.15, 0.2) is 0 Å². The van der Waals surface area contributed by atoms with Crippen LogP contribution in [0.1, 0.15) is 39.7 Å². The molecule has 3 heterocycles. The lowest BCUT2D eigenvalue weighted by molar-refractivity contribution is 0.0189. The molecular weight excluding hydrogens is 533 g/mol. The molecule has 1 N–H and O–H groups in total. The van der Waals surface area contributed by atoms with E-state index in [1.807, 2.05) is 20.8 Å². The SMILES string of the molecule is CNc1ncc2cc(-c3c(Cl)c(OC)cc(OC)c3Cl)c(=O)n(C3CCN(C(=O)OC(C)(C)C)CC3)c2n1. The molecule has 3 aromatic rings. The molecule has 12 heteroatoms. The van der Waals surface area contributed by atoms with Gasteiger partial charge in [0.2, 0.25) is 5.95 Å². The van der Waals surface area contributed by atoms with Gasteiger partial charge in [-0.05, 0) is 39.7 Å². The number of carbonyl (C=O) groups is 1. The van der Waals surface area contributed by atoms with E-state index in [1.54, 1.807) is 34.8 Å². The van der Waals surface area contributed by atoms with Crippen LogP contribution < -0.4 is 20.3 Å². The zero-order valence-electron chi connectivity index (χ0n) is 22.2. The standard InChI is InChI=1S/C26H31Cl2N5O5/c1-26(2,3)38-25(35)32-9-7-15(8-10-32)33-22-14(13-30-24(29-4)31-22)11-16(23(33)34)19-20(27)17(36-5)12-18(37-6)21(19)28/h11-13,15H,7-10H2,1-6H3,(H,29,30,31). The van der Waals surface area contributed by atoms with E-state index in [2.05, 4.69) is 15.3 Å². The Hall–Kier alpha value is -3.24. The van der Waals surface area contributed by atoms with E-state index in [0.29, 0.717) is 60.0 Å². The summed E-state index contributed by atoms with van der Waals surface area (Å²) >= 11 is 13.4. The minimum Gasteiger partial charge on any atom is -0.495 e. The number of carbonyl (C=O) groups excluding carboxylic acids is 1. The maximum absolute atomic E-state index is 14.2. The topological polar surface area (TPSA) is 108 Å². The first-order valence-electron chi connectivity index (χ1n) is 12.2. The monoisotopic (exact) mass is 563 g/mol. The van der Waals surface area contributed by atoms with Crippen LogP contribution in [-0.4, -0.2) is 65.5 Å². The molecule has 0 saturated carbocycles. The Balaban J connectivity index is 1.86. The van der Waals surface area contributed by atoms with Gasteiger partial charge in [-0.3, -0.25) is 9.36 Å². The number of nitrogens with one attached hydrogen (secondary N) is 1. The lowest BCUT2D eigenvalue weighted by atomic mass is 10.0. The van der Waals surface area contributed by atoms with Crippen molar-refractivity contribution in [3.63, 3.8) is 0 Å². The van der Waals surface area contributed by atoms with E-state index in [4.69, 9.17) is 37.4 Å². The summed E-state index contributed by atoms with van der Waals surface area (Å²) in [6, 6.07) is 3.01. The van der Waals surface area contributed by atoms with Crippen LogP contribution in [0.15, 0.2) is 23.1 Å². The summed E-state index contributed by atoms with van der Waals surface area (Å²) in [5, 5.41) is 3.93. The Bertz CT molecular complexity index is 1400. The summed E-state index contributed by atoms with van der Waals surface area (Å²) in [7, 11) is 4.66. The van der Waals surface area contributed by atoms with Crippen molar-refractivity contribution >= 4 is 46.3 Å². The summed E-state index contributed by atoms with van der Waals surface area (Å²) in [4.78, 5) is 37.4. The van der Waals surface area contributed by atoms with Crippen LogP contribution in [0.2, 0.25) is 10.0 Å². The first-order valence-corrected chi connectivity index (χ1v) is 12.9. The number of benzene rings is 1. The number of piperidine rings is 1. The number of ether oxygens (including phenoxy) is 3. The van der Waals surface area contributed by atoms with E-state index in [9.17, 15) is 9.59 Å². The Morgan fingerprint density at radius 1 is 1.08 bits per heavy atom. The quantitative estimate of drug-likeness (QED) is 0.439. The molecule has 0 bridgehead atoms. The van der Waals surface area contributed by atoms with Gasteiger partial charge in [-0.1, -0.05) is 23.2 Å². The van der Waals surface area contributed by atoms with E-state index in [0.717, 1.165) is 0 Å². The largest absolute Gasteiger partial charge is 0.495 e. The normalized spacial score (nSPS) is 14.5. The third-order valence-corrected chi connectivity index (χ3v) is 7.07. The zero-order chi connectivity index (χ0) is 27.8. The second-order valence-corrected chi connectivity index (χ2v) is 10.7. The minimum atomic E-state index is -0.591. The fraction of sp³-hybridized carbons (Fsp3) is 0.462. The van der Waals surface area contributed by atoms with E-state index >= 15 is 0 Å². The summed E-state index contributed by atoms with van der Waals surface area (Å²) < 4.78 is 18.0. The van der Waals surface area contributed by atoms with Crippen molar-refractivity contribution in [3.8, 4) is 22.6 Å². The van der Waals surface area contributed by atoms with Gasteiger partial charge in [0.1, 0.15) is 22.7 Å². The molecule has 38 heavy (non-hydrogen) atoms. The number of halogens is 2. The van der Waals surface area contributed by atoms with Crippen LogP contribution in [0.3, 0.4) is 0 Å². The summed E-state index contributed by atoms with van der Waals surface area (Å²) in [6.45, 7) is 6.35. The Labute approximate surface area is 230 Å². The minimum absolute atomic E-state index is 0.189. The average molecular weight is 564 g/mol. The fourth-order valence-electron chi connectivity index (χ4n) is 4.51. The molecule has 1 aliphatic heterocycles. The highest BCUT2D eigenvalue weighted by Crippen LogP contribution is 2.45. The molecule has 204 valence electrons. The summed E-state index contributed by atoms with van der Waals surface area (Å²) in [5.41, 5.74) is 0.116. The van der Waals surface area contributed by atoms with Gasteiger partial charge in [0.25, 0.3) is 5.56 Å². The molecule has 0 radical (unpaired) electrons. The number of fused-ring (bicyclic) bond motifs is 1. The van der Waals surface area contributed by atoms with Gasteiger partial charge in [-0.15, -0.1) is 0 Å². The first kappa shape index (κ1) is 27.8. The van der Waals surface area contributed by atoms with Crippen molar-refractivity contribution in [1.82, 2.24) is 19.4 Å². The number of amides is 1. The van der Waals surface area contributed by atoms with Crippen LogP contribution in [-0.2, 0) is 4.74 Å². The predicted molar refractivity (Wildman–Crippen MR) is 148 cm³/mol. The molecule has 1 aromatic carbocycles. The maximum Gasteiger partial charge on any atom is 0.410 e. The number of hydrogen-bond donors (Lipinski definition) is 1. The van der Waals surface area contributed by atoms with Crippen LogP contribution in [0.25, 0.3) is 22.2 Å². The number of methoxy groups -OCH3 is 2. The summed E-state index contributed by atoms with van der Waals surface area (Å²) in [6.07, 6.45) is 2.32. The third kappa shape index (κ3) is 5.33. The molecule has 0 atom stereocenters. The average Bonchev–Trinajstić information content (AvgIpc) is 2.88. The Morgan fingerprint density at radius 3 is 2.21 bits per heavy atom. The number of rotatable bonds is 5. The molecule has 4 rings (SSSR count). The molecule has 1 amide bonds. The Kier molecular flexibility index (Phi) is 7.94. The smallest absolute Gasteiger partial charge is 0.410 e. The molecule has 2 aromatic heterocycles. The highest BCUT2D eigenvalue weighted by molar-refractivity contribution is 6.41. The fourth-order valence-corrected chi connectivity index (χ4v) is 5.22. The van der Waals surface area contributed by atoms with Gasteiger partial charge in [-0.2, -0.15) is 4.98 Å². The highest BCUT2D eigenvalue weighted by atomic mass is 35.5. The number of hydrogen-bond acceptors (Lipinski definition) is 8. The lowest BCUT2D eigenvalue weighted by Crippen LogP contribution is -2.43. The van der Waals surface area contributed by atoms with Crippen molar-refractivity contribution in [2.24, 2.45) is 0 Å². The second-order valence-electron chi connectivity index (χ2n) is 9.94. The van der Waals surface area contributed by atoms with E-state index < -0.39 is 5.60 Å². The molecule has 0 spiro atoms. The Morgan fingerprint density at radius 2 is 1.68 bits per heavy atom. The number of anilines is 1. The van der Waals surface area contributed by atoms with Crippen LogP contribution in [0.5, 0.6) is 11.5 Å². The molecular formula is C26H31Cl2N5O5. The van der Waals surface area contributed by atoms with Crippen molar-refractivity contribution < 1.29 is 19.0 Å². The van der Waals surface area contributed by atoms with Gasteiger partial charge in [0, 0.05) is 49.4 Å². The summed E-state index contributed by atoms with van der Waals surface area (Å²) in [5.74, 6) is 1.02. The van der Waals surface area contributed by atoms with Gasteiger partial charge in [-0.25, -0.2) is 9.78 Å². The third-order valence-electron chi connectivity index (χ3n) is 6.32. The van der Waals surface area contributed by atoms with E-state index in [-0.39, 0.29) is 33.3 Å². The zero-order valence-corrected chi connectivity index (χ0v) is 23.7. The number of nitrogens with zero attached hydrogens (tertiary/aromatic N) is 4. The number of aromatic nitrogens is 3. The highest BCUT2D eigenvalue weighted by Gasteiger charge is 2.30. The van der Waals surface area contributed by atoms with Crippen LogP contribution in [0, 0.1) is 0 Å². The van der Waals surface area contributed by atoms with Crippen LogP contribution >= 0.6 is 23.2 Å². The lowest BCUT2D eigenvalue weighted by Gasteiger charge is -2.34. The van der Waals surface area contributed by atoms with Crippen molar-refractivity contribution in [2.75, 3.05) is 39.7 Å². The first-order chi connectivity index (χ1) is 18.0. The van der Waals surface area contributed by atoms with Gasteiger partial charge < -0.3 is 24.4 Å². The predicted octanol–water partition coefficient (Wildman–Crippen LogP) is 5.40. The van der Waals surface area contributed by atoms with Crippen molar-refractivity contribution in [1.29, 1.82) is 0 Å². The van der Waals surface area contributed by atoms with Crippen LogP contribution in [0.4, 0.5) is 10.7 Å². The molecule has 0 unspecified atom stereocenters.